The van der Waals surface area contributed by atoms with E-state index in [4.69, 9.17) is 33.2 Å². The van der Waals surface area contributed by atoms with Crippen molar-refractivity contribution in [3.05, 3.63) is 23.8 Å². The molecule has 1 aromatic rings. The van der Waals surface area contributed by atoms with E-state index in [0.717, 1.165) is 12.8 Å². The van der Waals surface area contributed by atoms with Gasteiger partial charge in [-0.1, -0.05) is 11.6 Å². The van der Waals surface area contributed by atoms with Gasteiger partial charge in [-0.15, -0.1) is 0 Å². The van der Waals surface area contributed by atoms with E-state index in [1.54, 1.807) is 19.2 Å². The molecule has 0 bridgehead atoms. The van der Waals surface area contributed by atoms with E-state index in [2.05, 4.69) is 32.2 Å². The summed E-state index contributed by atoms with van der Waals surface area (Å²) in [4.78, 5) is 24.4. The molecule has 0 aromatic heterocycles. The number of hydrogen-bond acceptors (Lipinski definition) is 10. The first-order valence-corrected chi connectivity index (χ1v) is 12.9. The first-order valence-electron chi connectivity index (χ1n) is 12.9. The molecular formula is C28H39NO9. The summed E-state index contributed by atoms with van der Waals surface area (Å²) >= 11 is 0. The lowest BCUT2D eigenvalue weighted by molar-refractivity contribution is -0.170. The number of allylic oxidation sites excluding steroid dienone is 1. The van der Waals surface area contributed by atoms with Gasteiger partial charge in [0.25, 0.3) is 0 Å². The fraction of sp³-hybridized carbons (Fsp3) is 0.643. The molecule has 1 aromatic carbocycles. The maximum atomic E-state index is 12.9. The molecule has 3 fully saturated rings. The number of nitrogens with one attached hydrogen (secondary N) is 1. The van der Waals surface area contributed by atoms with Crippen LogP contribution in [0.2, 0.25) is 0 Å². The SMILES string of the molecule is COc1cc(NCC(=O)O[C@@H]2CC[C@]3(CO3)[C@@H]([C@]3(C)O[C@@H]3CC=C(C)C)[C@@H]2OC)cc(OC)c1OC(C)=O. The number of carbonyl (C=O) groups is 2. The van der Waals surface area contributed by atoms with Crippen LogP contribution in [-0.4, -0.2) is 75.9 Å². The molecule has 10 heteroatoms. The molecule has 210 valence electrons. The van der Waals surface area contributed by atoms with Crippen LogP contribution in [0, 0.1) is 5.92 Å². The lowest BCUT2D eigenvalue weighted by atomic mass is 9.68. The molecule has 1 spiro atoms. The van der Waals surface area contributed by atoms with E-state index in [0.29, 0.717) is 30.2 Å². The molecule has 1 N–H and O–H groups in total. The lowest BCUT2D eigenvalue weighted by Gasteiger charge is -2.42. The van der Waals surface area contributed by atoms with Crippen molar-refractivity contribution in [1.29, 1.82) is 0 Å². The quantitative estimate of drug-likeness (QED) is 0.195. The third-order valence-electron chi connectivity index (χ3n) is 7.66. The Morgan fingerprint density at radius 3 is 2.32 bits per heavy atom. The Kier molecular flexibility index (Phi) is 8.25. The number of benzene rings is 1. The predicted octanol–water partition coefficient (Wildman–Crippen LogP) is 3.66. The highest BCUT2D eigenvalue weighted by Crippen LogP contribution is 2.59. The molecule has 10 nitrogen and oxygen atoms in total. The van der Waals surface area contributed by atoms with Crippen LogP contribution < -0.4 is 19.5 Å². The molecule has 2 aliphatic heterocycles. The summed E-state index contributed by atoms with van der Waals surface area (Å²) in [6.45, 7) is 8.14. The topological polar surface area (TPSA) is 117 Å². The summed E-state index contributed by atoms with van der Waals surface area (Å²) in [6, 6.07) is 3.24. The Bertz CT molecular complexity index is 1050. The van der Waals surface area contributed by atoms with Crippen LogP contribution in [-0.2, 0) is 28.5 Å². The molecule has 6 atom stereocenters. The van der Waals surface area contributed by atoms with Gasteiger partial charge in [0.15, 0.2) is 11.5 Å². The van der Waals surface area contributed by atoms with E-state index in [1.807, 2.05) is 0 Å². The maximum absolute atomic E-state index is 12.9. The highest BCUT2D eigenvalue weighted by molar-refractivity contribution is 5.77. The van der Waals surface area contributed by atoms with Gasteiger partial charge in [0.05, 0.1) is 32.8 Å². The lowest BCUT2D eigenvalue weighted by Crippen LogP contribution is -2.55. The van der Waals surface area contributed by atoms with Gasteiger partial charge in [-0.25, -0.2) is 0 Å². The standard InChI is InChI=1S/C28H39NO9/c1-16(2)8-9-22-27(4,38-22)26-25(34-7)19(10-11-28(26)15-35-28)37-23(31)14-29-18-12-20(32-5)24(36-17(3)30)21(13-18)33-6/h8,12-13,19,22,25-26,29H,9-11,14-15H2,1-7H3/t19-,22-,25-,26-,27-,28+/m1/s1. The van der Waals surface area contributed by atoms with Crippen molar-refractivity contribution in [3.63, 3.8) is 0 Å². The monoisotopic (exact) mass is 533 g/mol. The van der Waals surface area contributed by atoms with Crippen molar-refractivity contribution in [2.24, 2.45) is 5.92 Å². The van der Waals surface area contributed by atoms with Crippen LogP contribution in [0.3, 0.4) is 0 Å². The zero-order valence-electron chi connectivity index (χ0n) is 23.3. The molecule has 1 saturated carbocycles. The number of rotatable bonds is 11. The number of carbonyl (C=O) groups excluding carboxylic acids is 2. The molecule has 1 aliphatic carbocycles. The predicted molar refractivity (Wildman–Crippen MR) is 139 cm³/mol. The van der Waals surface area contributed by atoms with Crippen molar-refractivity contribution >= 4 is 17.6 Å². The fourth-order valence-electron chi connectivity index (χ4n) is 5.68. The Hall–Kier alpha value is -2.82. The van der Waals surface area contributed by atoms with Gasteiger partial charge < -0.3 is 38.5 Å². The van der Waals surface area contributed by atoms with Crippen LogP contribution in [0.25, 0.3) is 0 Å². The highest BCUT2D eigenvalue weighted by atomic mass is 16.6. The minimum Gasteiger partial charge on any atom is -0.493 e. The molecule has 0 unspecified atom stereocenters. The zero-order chi connectivity index (χ0) is 27.7. The second kappa shape index (κ2) is 11.1. The van der Waals surface area contributed by atoms with Gasteiger partial charge in [-0.3, -0.25) is 9.59 Å². The van der Waals surface area contributed by atoms with Crippen LogP contribution >= 0.6 is 0 Å². The first-order chi connectivity index (χ1) is 18.1. The van der Waals surface area contributed by atoms with Gasteiger partial charge >= 0.3 is 11.9 Å². The van der Waals surface area contributed by atoms with Gasteiger partial charge in [0, 0.05) is 31.9 Å². The fourth-order valence-corrected chi connectivity index (χ4v) is 5.68. The van der Waals surface area contributed by atoms with Gasteiger partial charge in [0.2, 0.25) is 5.75 Å². The molecular weight excluding hydrogens is 494 g/mol. The first kappa shape index (κ1) is 28.2. The molecule has 2 heterocycles. The Morgan fingerprint density at radius 1 is 1.13 bits per heavy atom. The van der Waals surface area contributed by atoms with Crippen molar-refractivity contribution in [1.82, 2.24) is 0 Å². The number of ether oxygens (including phenoxy) is 7. The van der Waals surface area contributed by atoms with Crippen LogP contribution in [0.4, 0.5) is 5.69 Å². The normalized spacial score (nSPS) is 31.2. The third kappa shape index (κ3) is 5.77. The highest BCUT2D eigenvalue weighted by Gasteiger charge is 2.72. The summed E-state index contributed by atoms with van der Waals surface area (Å²) in [5, 5.41) is 3.04. The molecule has 0 radical (unpaired) electrons. The molecule has 3 aliphatic rings. The van der Waals surface area contributed by atoms with Gasteiger partial charge in [-0.05, 0) is 40.0 Å². The smallest absolute Gasteiger partial charge is 0.325 e. The summed E-state index contributed by atoms with van der Waals surface area (Å²) in [5.41, 5.74) is 1.11. The summed E-state index contributed by atoms with van der Waals surface area (Å²) in [5.74, 6) is -0.218. The van der Waals surface area contributed by atoms with Crippen molar-refractivity contribution in [3.8, 4) is 17.2 Å². The second-order valence-corrected chi connectivity index (χ2v) is 10.6. The minimum absolute atomic E-state index is 0.0441. The van der Waals surface area contributed by atoms with E-state index in [1.165, 1.54) is 26.7 Å². The summed E-state index contributed by atoms with van der Waals surface area (Å²) < 4.78 is 40.0. The largest absolute Gasteiger partial charge is 0.493 e. The van der Waals surface area contributed by atoms with Crippen LogP contribution in [0.5, 0.6) is 17.2 Å². The molecule has 0 amide bonds. The van der Waals surface area contributed by atoms with Crippen molar-refractivity contribution < 1.29 is 42.7 Å². The number of epoxide rings is 2. The summed E-state index contributed by atoms with van der Waals surface area (Å²) in [7, 11) is 4.56. The summed E-state index contributed by atoms with van der Waals surface area (Å²) in [6.07, 6.45) is 3.76. The molecule has 2 saturated heterocycles. The maximum Gasteiger partial charge on any atom is 0.325 e. The molecule has 4 rings (SSSR count). The van der Waals surface area contributed by atoms with E-state index < -0.39 is 23.6 Å². The number of anilines is 1. The number of hydrogen-bond donors (Lipinski definition) is 1. The molecule has 38 heavy (non-hydrogen) atoms. The van der Waals surface area contributed by atoms with E-state index in [-0.39, 0.29) is 36.0 Å². The average Bonchev–Trinajstić information content (AvgIpc) is 3.79. The van der Waals surface area contributed by atoms with E-state index >= 15 is 0 Å². The van der Waals surface area contributed by atoms with Gasteiger partial charge in [0.1, 0.15) is 30.0 Å². The van der Waals surface area contributed by atoms with Crippen LogP contribution in [0.1, 0.15) is 47.0 Å². The third-order valence-corrected chi connectivity index (χ3v) is 7.66. The van der Waals surface area contributed by atoms with Crippen molar-refractivity contribution in [2.75, 3.05) is 39.8 Å². The number of methoxy groups -OCH3 is 3. The van der Waals surface area contributed by atoms with Gasteiger partial charge in [-0.2, -0.15) is 0 Å². The minimum atomic E-state index is -0.503. The van der Waals surface area contributed by atoms with Crippen molar-refractivity contribution in [2.45, 2.75) is 76.5 Å². The number of esters is 2. The zero-order valence-corrected chi connectivity index (χ0v) is 23.3. The Labute approximate surface area is 223 Å². The van der Waals surface area contributed by atoms with E-state index in [9.17, 15) is 9.59 Å². The average molecular weight is 534 g/mol. The second-order valence-electron chi connectivity index (χ2n) is 10.6. The Morgan fingerprint density at radius 2 is 1.79 bits per heavy atom. The van der Waals surface area contributed by atoms with Crippen LogP contribution in [0.15, 0.2) is 23.8 Å². The Balaban J connectivity index is 1.42.